The Labute approximate surface area is 150 Å². The number of carbonyl (C=O) groups is 1. The Morgan fingerprint density at radius 3 is 2.80 bits per heavy atom. The van der Waals surface area contributed by atoms with Gasteiger partial charge in [0.25, 0.3) is 5.91 Å². The van der Waals surface area contributed by atoms with E-state index >= 15 is 0 Å². The molecule has 0 radical (unpaired) electrons. The number of aryl methyl sites for hydroxylation is 1. The number of hydrogen-bond donors (Lipinski definition) is 2. The maximum Gasteiger partial charge on any atom is 0.267 e. The SMILES string of the molecule is Cn1c(C(=O)NCCCOc2ccc(O)c(Cl)c2)cc2ccccc21. The molecule has 2 aromatic carbocycles. The first-order valence-electron chi connectivity index (χ1n) is 8.00. The smallest absolute Gasteiger partial charge is 0.267 e. The zero-order valence-electron chi connectivity index (χ0n) is 13.8. The van der Waals surface area contributed by atoms with Crippen molar-refractivity contribution in [2.45, 2.75) is 6.42 Å². The Morgan fingerprint density at radius 1 is 1.24 bits per heavy atom. The van der Waals surface area contributed by atoms with E-state index in [1.165, 1.54) is 6.07 Å². The van der Waals surface area contributed by atoms with E-state index in [1.807, 2.05) is 41.9 Å². The molecule has 0 aliphatic carbocycles. The quantitative estimate of drug-likeness (QED) is 0.660. The van der Waals surface area contributed by atoms with Crippen molar-refractivity contribution in [2.75, 3.05) is 13.2 Å². The Hall–Kier alpha value is -2.66. The number of benzene rings is 2. The lowest BCUT2D eigenvalue weighted by atomic mass is 10.2. The van der Waals surface area contributed by atoms with Gasteiger partial charge in [-0.3, -0.25) is 4.79 Å². The number of para-hydroxylation sites is 1. The predicted molar refractivity (Wildman–Crippen MR) is 98.5 cm³/mol. The van der Waals surface area contributed by atoms with Crippen LogP contribution >= 0.6 is 11.6 Å². The summed E-state index contributed by atoms with van der Waals surface area (Å²) >= 11 is 5.82. The maximum absolute atomic E-state index is 12.3. The Morgan fingerprint density at radius 2 is 2.04 bits per heavy atom. The van der Waals surface area contributed by atoms with Crippen molar-refractivity contribution < 1.29 is 14.6 Å². The lowest BCUT2D eigenvalue weighted by Gasteiger charge is -2.09. The van der Waals surface area contributed by atoms with Gasteiger partial charge in [-0.2, -0.15) is 0 Å². The molecule has 5 nitrogen and oxygen atoms in total. The molecular formula is C19H19ClN2O3. The zero-order chi connectivity index (χ0) is 17.8. The van der Waals surface area contributed by atoms with Gasteiger partial charge >= 0.3 is 0 Å². The number of phenolic OH excluding ortho intramolecular Hbond substituents is 1. The van der Waals surface area contributed by atoms with Gasteiger partial charge in [0, 0.05) is 30.6 Å². The van der Waals surface area contributed by atoms with E-state index in [9.17, 15) is 9.90 Å². The highest BCUT2D eigenvalue weighted by Gasteiger charge is 2.12. The largest absolute Gasteiger partial charge is 0.506 e. The van der Waals surface area contributed by atoms with Crippen LogP contribution in [-0.2, 0) is 7.05 Å². The Balaban J connectivity index is 1.49. The summed E-state index contributed by atoms with van der Waals surface area (Å²) < 4.78 is 7.44. The number of nitrogens with zero attached hydrogens (tertiary/aromatic N) is 1. The van der Waals surface area contributed by atoms with Gasteiger partial charge in [-0.25, -0.2) is 0 Å². The predicted octanol–water partition coefficient (Wildman–Crippen LogP) is 3.74. The number of phenols is 1. The average Bonchev–Trinajstić information content (AvgIpc) is 2.95. The van der Waals surface area contributed by atoms with E-state index < -0.39 is 0 Å². The molecule has 0 atom stereocenters. The highest BCUT2D eigenvalue weighted by Crippen LogP contribution is 2.27. The first-order chi connectivity index (χ1) is 12.1. The van der Waals surface area contributed by atoms with Gasteiger partial charge in [-0.15, -0.1) is 0 Å². The topological polar surface area (TPSA) is 63.5 Å². The van der Waals surface area contributed by atoms with Crippen molar-refractivity contribution >= 4 is 28.4 Å². The summed E-state index contributed by atoms with van der Waals surface area (Å²) in [6, 6.07) is 14.5. The molecule has 0 unspecified atom stereocenters. The molecule has 1 amide bonds. The molecule has 3 rings (SSSR count). The van der Waals surface area contributed by atoms with Crippen LogP contribution in [0.2, 0.25) is 5.02 Å². The van der Waals surface area contributed by atoms with E-state index in [1.54, 1.807) is 12.1 Å². The maximum atomic E-state index is 12.3. The molecule has 0 aliphatic rings. The molecule has 0 aliphatic heterocycles. The molecule has 6 heteroatoms. The highest BCUT2D eigenvalue weighted by molar-refractivity contribution is 6.32. The first-order valence-corrected chi connectivity index (χ1v) is 8.38. The number of fused-ring (bicyclic) bond motifs is 1. The van der Waals surface area contributed by atoms with E-state index in [2.05, 4.69) is 5.32 Å². The van der Waals surface area contributed by atoms with Crippen molar-refractivity contribution in [1.29, 1.82) is 0 Å². The van der Waals surface area contributed by atoms with Gasteiger partial charge in [0.1, 0.15) is 17.2 Å². The normalized spacial score (nSPS) is 10.8. The second-order valence-electron chi connectivity index (χ2n) is 5.72. The fourth-order valence-corrected chi connectivity index (χ4v) is 2.81. The molecule has 0 saturated heterocycles. The Kier molecular flexibility index (Phi) is 5.14. The van der Waals surface area contributed by atoms with Crippen LogP contribution in [0.3, 0.4) is 0 Å². The van der Waals surface area contributed by atoms with Crippen molar-refractivity contribution in [3.63, 3.8) is 0 Å². The lowest BCUT2D eigenvalue weighted by Crippen LogP contribution is -2.27. The number of aromatic nitrogens is 1. The molecule has 2 N–H and O–H groups in total. The third-order valence-corrected chi connectivity index (χ3v) is 4.28. The summed E-state index contributed by atoms with van der Waals surface area (Å²) in [5, 5.41) is 13.6. The molecule has 3 aromatic rings. The minimum absolute atomic E-state index is 0.0243. The molecule has 130 valence electrons. The number of halogens is 1. The number of carbonyl (C=O) groups excluding carboxylic acids is 1. The van der Waals surface area contributed by atoms with Crippen molar-refractivity contribution in [1.82, 2.24) is 9.88 Å². The summed E-state index contributed by atoms with van der Waals surface area (Å²) in [6.07, 6.45) is 0.661. The molecule has 0 fully saturated rings. The summed E-state index contributed by atoms with van der Waals surface area (Å²) in [5.74, 6) is 0.505. The third-order valence-electron chi connectivity index (χ3n) is 3.98. The number of aromatic hydroxyl groups is 1. The van der Waals surface area contributed by atoms with Crippen LogP contribution in [0.4, 0.5) is 0 Å². The number of rotatable bonds is 6. The van der Waals surface area contributed by atoms with Crippen LogP contribution in [0, 0.1) is 0 Å². The van der Waals surface area contributed by atoms with E-state index in [-0.39, 0.29) is 16.7 Å². The standard InChI is InChI=1S/C19H19ClN2O3/c1-22-16-6-3-2-5-13(16)11-17(22)19(24)21-9-4-10-25-14-7-8-18(23)15(20)12-14/h2-3,5-8,11-12,23H,4,9-10H2,1H3,(H,21,24). The Bertz CT molecular complexity index is 905. The molecule has 25 heavy (non-hydrogen) atoms. The summed E-state index contributed by atoms with van der Waals surface area (Å²) in [6.45, 7) is 0.947. The lowest BCUT2D eigenvalue weighted by molar-refractivity contribution is 0.0944. The van der Waals surface area contributed by atoms with Crippen molar-refractivity contribution in [3.8, 4) is 11.5 Å². The van der Waals surface area contributed by atoms with Crippen LogP contribution in [0.15, 0.2) is 48.5 Å². The van der Waals surface area contributed by atoms with Crippen LogP contribution in [0.1, 0.15) is 16.9 Å². The van der Waals surface area contributed by atoms with E-state index in [4.69, 9.17) is 16.3 Å². The van der Waals surface area contributed by atoms with Gasteiger partial charge in [0.15, 0.2) is 0 Å². The van der Waals surface area contributed by atoms with Gasteiger partial charge in [0.2, 0.25) is 0 Å². The van der Waals surface area contributed by atoms with Crippen molar-refractivity contribution in [2.24, 2.45) is 7.05 Å². The van der Waals surface area contributed by atoms with Gasteiger partial charge < -0.3 is 19.7 Å². The van der Waals surface area contributed by atoms with Crippen molar-refractivity contribution in [3.05, 3.63) is 59.2 Å². The van der Waals surface area contributed by atoms with Gasteiger partial charge in [-0.05, 0) is 30.7 Å². The molecule has 0 spiro atoms. The number of hydrogen-bond acceptors (Lipinski definition) is 3. The summed E-state index contributed by atoms with van der Waals surface area (Å²) in [5.41, 5.74) is 1.66. The third kappa shape index (κ3) is 3.88. The van der Waals surface area contributed by atoms with Crippen LogP contribution < -0.4 is 10.1 Å². The van der Waals surface area contributed by atoms with Crippen LogP contribution in [0.5, 0.6) is 11.5 Å². The van der Waals surface area contributed by atoms with E-state index in [0.29, 0.717) is 31.0 Å². The average molecular weight is 359 g/mol. The number of nitrogens with one attached hydrogen (secondary N) is 1. The number of ether oxygens (including phenoxy) is 1. The first kappa shape index (κ1) is 17.2. The minimum atomic E-state index is -0.105. The van der Waals surface area contributed by atoms with Gasteiger partial charge in [-0.1, -0.05) is 29.8 Å². The van der Waals surface area contributed by atoms with Crippen LogP contribution in [0.25, 0.3) is 10.9 Å². The fraction of sp³-hybridized carbons (Fsp3) is 0.211. The molecular weight excluding hydrogens is 340 g/mol. The molecule has 0 bridgehead atoms. The highest BCUT2D eigenvalue weighted by atomic mass is 35.5. The molecule has 1 aromatic heterocycles. The minimum Gasteiger partial charge on any atom is -0.506 e. The second-order valence-corrected chi connectivity index (χ2v) is 6.13. The van der Waals surface area contributed by atoms with Gasteiger partial charge in [0.05, 0.1) is 11.6 Å². The zero-order valence-corrected chi connectivity index (χ0v) is 14.6. The van der Waals surface area contributed by atoms with E-state index in [0.717, 1.165) is 10.9 Å². The molecule has 0 saturated carbocycles. The van der Waals surface area contributed by atoms with Crippen LogP contribution in [-0.4, -0.2) is 28.7 Å². The summed E-state index contributed by atoms with van der Waals surface area (Å²) in [7, 11) is 1.88. The molecule has 1 heterocycles. The number of amides is 1. The monoisotopic (exact) mass is 358 g/mol. The summed E-state index contributed by atoms with van der Waals surface area (Å²) in [4.78, 5) is 12.3. The fourth-order valence-electron chi connectivity index (χ4n) is 2.64. The second kappa shape index (κ2) is 7.49.